The quantitative estimate of drug-likeness (QED) is 0.916. The van der Waals surface area contributed by atoms with Crippen molar-refractivity contribution >= 4 is 11.0 Å². The average Bonchev–Trinajstić information content (AvgIpc) is 2.47. The molecule has 0 aliphatic heterocycles. The second kappa shape index (κ2) is 6.49. The summed E-state index contributed by atoms with van der Waals surface area (Å²) >= 11 is 0. The van der Waals surface area contributed by atoms with Gasteiger partial charge in [0.25, 0.3) is 0 Å². The van der Waals surface area contributed by atoms with E-state index in [1.54, 1.807) is 7.11 Å². The second-order valence-corrected chi connectivity index (χ2v) is 8.82. The van der Waals surface area contributed by atoms with Gasteiger partial charge in [-0.1, -0.05) is 31.4 Å². The van der Waals surface area contributed by atoms with Gasteiger partial charge in [-0.3, -0.25) is 0 Å². The van der Waals surface area contributed by atoms with Gasteiger partial charge in [-0.25, -0.2) is 8.93 Å². The maximum atomic E-state index is 12.6. The molecule has 0 saturated heterocycles. The van der Waals surface area contributed by atoms with E-state index in [0.717, 1.165) is 18.6 Å². The van der Waals surface area contributed by atoms with E-state index in [2.05, 4.69) is 16.9 Å². The highest BCUT2D eigenvalue weighted by Gasteiger charge is 2.37. The predicted octanol–water partition coefficient (Wildman–Crippen LogP) is 3.91. The molecule has 1 aliphatic rings. The third-order valence-corrected chi connectivity index (χ3v) is 5.86. The van der Waals surface area contributed by atoms with Gasteiger partial charge in [0.1, 0.15) is 5.75 Å². The molecule has 0 heterocycles. The maximum absolute atomic E-state index is 12.6. The van der Waals surface area contributed by atoms with Crippen molar-refractivity contribution in [3.8, 4) is 5.75 Å². The Morgan fingerprint density at radius 3 is 2.43 bits per heavy atom. The fourth-order valence-corrected chi connectivity index (χ4v) is 3.84. The Labute approximate surface area is 131 Å². The molecule has 21 heavy (non-hydrogen) atoms. The number of ether oxygens (including phenoxy) is 1. The zero-order valence-electron chi connectivity index (χ0n) is 13.6. The third-order valence-electron chi connectivity index (χ3n) is 4.17. The van der Waals surface area contributed by atoms with Crippen molar-refractivity contribution in [3.63, 3.8) is 0 Å². The summed E-state index contributed by atoms with van der Waals surface area (Å²) in [7, 11) is 0.614. The number of methoxy groups -OCH3 is 1. The molecule has 3 nitrogen and oxygen atoms in total. The van der Waals surface area contributed by atoms with E-state index in [1.165, 1.54) is 24.8 Å². The second-order valence-electron chi connectivity index (χ2n) is 6.86. The smallest absolute Gasteiger partial charge is 0.119 e. The molecule has 1 fully saturated rings. The standard InChI is InChI=1S/C17H27NO2S/c1-16(2,3)21(19)18-17(11-6-5-7-12-17)14-9-8-10-15(13-14)20-4/h8-10,13,18H,5-7,11-12H2,1-4H3/t21-/m1/s1. The highest BCUT2D eigenvalue weighted by molar-refractivity contribution is 7.84. The Kier molecular flexibility index (Phi) is 5.10. The van der Waals surface area contributed by atoms with E-state index in [4.69, 9.17) is 4.74 Å². The first kappa shape index (κ1) is 16.5. The Balaban J connectivity index is 2.34. The first-order chi connectivity index (χ1) is 9.87. The van der Waals surface area contributed by atoms with Gasteiger partial charge >= 0.3 is 0 Å². The van der Waals surface area contributed by atoms with E-state index < -0.39 is 11.0 Å². The van der Waals surface area contributed by atoms with Crippen LogP contribution in [-0.4, -0.2) is 16.1 Å². The summed E-state index contributed by atoms with van der Waals surface area (Å²) in [5.41, 5.74) is 1.00. The molecule has 0 aromatic heterocycles. The van der Waals surface area contributed by atoms with Crippen molar-refractivity contribution in [2.45, 2.75) is 63.2 Å². The number of benzene rings is 1. The zero-order valence-corrected chi connectivity index (χ0v) is 14.4. The molecule has 1 atom stereocenters. The van der Waals surface area contributed by atoms with Crippen molar-refractivity contribution in [3.05, 3.63) is 29.8 Å². The van der Waals surface area contributed by atoms with Crippen LogP contribution in [0.4, 0.5) is 0 Å². The predicted molar refractivity (Wildman–Crippen MR) is 88.8 cm³/mol. The summed E-state index contributed by atoms with van der Waals surface area (Å²) in [4.78, 5) is 0. The first-order valence-electron chi connectivity index (χ1n) is 7.72. The van der Waals surface area contributed by atoms with Gasteiger partial charge in [0.05, 0.1) is 28.4 Å². The largest absolute Gasteiger partial charge is 0.497 e. The fourth-order valence-electron chi connectivity index (χ4n) is 2.86. The van der Waals surface area contributed by atoms with Crippen LogP contribution in [0.25, 0.3) is 0 Å². The highest BCUT2D eigenvalue weighted by atomic mass is 32.2. The SMILES string of the molecule is COc1cccc(C2(N[S@](=O)C(C)(C)C)CCCCC2)c1. The van der Waals surface area contributed by atoms with Gasteiger partial charge in [0.2, 0.25) is 0 Å². The molecule has 1 N–H and O–H groups in total. The minimum absolute atomic E-state index is 0.190. The zero-order chi connectivity index (χ0) is 15.5. The van der Waals surface area contributed by atoms with Crippen LogP contribution in [0.5, 0.6) is 5.75 Å². The fraction of sp³-hybridized carbons (Fsp3) is 0.647. The number of rotatable bonds is 4. The van der Waals surface area contributed by atoms with Gasteiger partial charge in [-0.05, 0) is 51.3 Å². The summed E-state index contributed by atoms with van der Waals surface area (Å²) < 4.78 is 21.2. The summed E-state index contributed by atoms with van der Waals surface area (Å²) in [6, 6.07) is 8.19. The number of nitrogens with one attached hydrogen (secondary N) is 1. The lowest BCUT2D eigenvalue weighted by molar-refractivity contribution is 0.275. The highest BCUT2D eigenvalue weighted by Crippen LogP contribution is 2.39. The maximum Gasteiger partial charge on any atom is 0.119 e. The van der Waals surface area contributed by atoms with E-state index >= 15 is 0 Å². The van der Waals surface area contributed by atoms with Crippen molar-refractivity contribution in [1.29, 1.82) is 0 Å². The Morgan fingerprint density at radius 1 is 1.19 bits per heavy atom. The number of hydrogen-bond donors (Lipinski definition) is 1. The summed E-state index contributed by atoms with van der Waals surface area (Å²) in [6.07, 6.45) is 5.66. The lowest BCUT2D eigenvalue weighted by Gasteiger charge is -2.40. The molecule has 0 unspecified atom stereocenters. The van der Waals surface area contributed by atoms with Crippen molar-refractivity contribution in [2.24, 2.45) is 0 Å². The van der Waals surface area contributed by atoms with E-state index in [0.29, 0.717) is 0 Å². The van der Waals surface area contributed by atoms with Crippen molar-refractivity contribution in [2.75, 3.05) is 7.11 Å². The molecule has 118 valence electrons. The molecule has 1 saturated carbocycles. The lowest BCUT2D eigenvalue weighted by Crippen LogP contribution is -2.49. The summed E-state index contributed by atoms with van der Waals surface area (Å²) in [5, 5.41) is 0. The minimum atomic E-state index is -1.07. The average molecular weight is 309 g/mol. The molecular weight excluding hydrogens is 282 g/mol. The van der Waals surface area contributed by atoms with Gasteiger partial charge in [0, 0.05) is 0 Å². The van der Waals surface area contributed by atoms with Gasteiger partial charge in [-0.2, -0.15) is 0 Å². The van der Waals surface area contributed by atoms with Crippen molar-refractivity contribution < 1.29 is 8.95 Å². The third kappa shape index (κ3) is 3.86. The van der Waals surface area contributed by atoms with Crippen LogP contribution < -0.4 is 9.46 Å². The summed E-state index contributed by atoms with van der Waals surface area (Å²) in [6.45, 7) is 6.04. The molecule has 1 aromatic carbocycles. The Hall–Kier alpha value is -0.870. The molecular formula is C17H27NO2S. The summed E-state index contributed by atoms with van der Waals surface area (Å²) in [5.74, 6) is 0.862. The van der Waals surface area contributed by atoms with Gasteiger partial charge in [-0.15, -0.1) is 0 Å². The molecule has 2 rings (SSSR count). The minimum Gasteiger partial charge on any atom is -0.497 e. The first-order valence-corrected chi connectivity index (χ1v) is 8.87. The van der Waals surface area contributed by atoms with Crippen LogP contribution in [-0.2, 0) is 16.5 Å². The van der Waals surface area contributed by atoms with Crippen LogP contribution in [0.1, 0.15) is 58.4 Å². The van der Waals surface area contributed by atoms with Crippen molar-refractivity contribution in [1.82, 2.24) is 4.72 Å². The van der Waals surface area contributed by atoms with Crippen LogP contribution in [0.2, 0.25) is 0 Å². The van der Waals surface area contributed by atoms with Gasteiger partial charge in [0.15, 0.2) is 0 Å². The molecule has 0 amide bonds. The Bertz CT molecular complexity index is 502. The van der Waals surface area contributed by atoms with Crippen LogP contribution in [0.3, 0.4) is 0 Å². The van der Waals surface area contributed by atoms with E-state index in [1.807, 2.05) is 32.9 Å². The molecule has 0 bridgehead atoms. The topological polar surface area (TPSA) is 38.3 Å². The van der Waals surface area contributed by atoms with Gasteiger partial charge < -0.3 is 4.74 Å². The van der Waals surface area contributed by atoms with Crippen LogP contribution >= 0.6 is 0 Å². The lowest BCUT2D eigenvalue weighted by atomic mass is 9.77. The molecule has 0 radical (unpaired) electrons. The van der Waals surface area contributed by atoms with E-state index in [-0.39, 0.29) is 10.3 Å². The van der Waals surface area contributed by atoms with E-state index in [9.17, 15) is 4.21 Å². The monoisotopic (exact) mass is 309 g/mol. The molecule has 1 aromatic rings. The normalized spacial score (nSPS) is 20.0. The van der Waals surface area contributed by atoms with Crippen LogP contribution in [0.15, 0.2) is 24.3 Å². The molecule has 0 spiro atoms. The Morgan fingerprint density at radius 2 is 1.86 bits per heavy atom. The van der Waals surface area contributed by atoms with Crippen LogP contribution in [0, 0.1) is 0 Å². The number of hydrogen-bond acceptors (Lipinski definition) is 2. The molecule has 4 heteroatoms. The molecule has 1 aliphatic carbocycles.